The van der Waals surface area contributed by atoms with E-state index >= 15 is 0 Å². The van der Waals surface area contributed by atoms with Crippen LogP contribution >= 0.6 is 11.6 Å². The molecule has 60 heavy (non-hydrogen) atoms. The molecule has 0 atom stereocenters. The molecule has 22 heteroatoms. The summed E-state index contributed by atoms with van der Waals surface area (Å²) in [5.41, 5.74) is 4.44. The summed E-state index contributed by atoms with van der Waals surface area (Å²) in [6.45, 7) is 8.39. The zero-order valence-corrected chi connectivity index (χ0v) is 45.0. The fraction of sp³-hybridized carbons (Fsp3) is 0.447. The Balaban J connectivity index is 0.00000413. The Morgan fingerprint density at radius 1 is 0.700 bits per heavy atom. The molecule has 0 spiro atoms. The number of fused-ring (bicyclic) bond motifs is 2. The first-order valence-electron chi connectivity index (χ1n) is 18.3. The van der Waals surface area contributed by atoms with Gasteiger partial charge in [-0.05, 0) is 105 Å². The van der Waals surface area contributed by atoms with Gasteiger partial charge in [-0.2, -0.15) is 38.2 Å². The summed E-state index contributed by atoms with van der Waals surface area (Å²) >= 11 is 7.09. The minimum Gasteiger partial charge on any atom is -0.344 e. The van der Waals surface area contributed by atoms with Crippen LogP contribution in [-0.2, 0) is 51.3 Å². The summed E-state index contributed by atoms with van der Waals surface area (Å²) in [6, 6.07) is 8.70. The van der Waals surface area contributed by atoms with Gasteiger partial charge in [-0.3, -0.25) is 18.2 Å². The minimum atomic E-state index is -4.49. The first-order chi connectivity index (χ1) is 26.2. The summed E-state index contributed by atoms with van der Waals surface area (Å²) < 4.78 is 134. The molecule has 2 aromatic rings. The molecule has 3 aliphatic rings. The SMILES string of the molecule is CC1(C)C(/C=C/C2=C(Cl)C(=C/C=C3/N(CCCCS(=O)(=O)O)c4ccc(S(=O)(=O)O)cc4C3(C)C)/CCC2)=[N+](CCCCS(=O)(=O)O)c2ccc(S(=O)(=O)O)cc21.[Na].[Na].[Na]. The van der Waals surface area contributed by atoms with Crippen LogP contribution in [0.5, 0.6) is 0 Å². The first-order valence-corrected chi connectivity index (χ1v) is 24.7. The molecule has 3 radical (unpaired) electrons. The number of anilines is 1. The second-order valence-electron chi connectivity index (χ2n) is 15.5. The van der Waals surface area contributed by atoms with Gasteiger partial charge in [0.15, 0.2) is 5.71 Å². The number of benzene rings is 2. The van der Waals surface area contributed by atoms with E-state index in [0.29, 0.717) is 66.3 Å². The van der Waals surface area contributed by atoms with E-state index in [4.69, 9.17) is 11.6 Å². The van der Waals surface area contributed by atoms with E-state index in [-0.39, 0.29) is 111 Å². The predicted octanol–water partition coefficient (Wildman–Crippen LogP) is 5.59. The number of unbranched alkanes of at least 4 members (excludes halogenated alkanes) is 2. The van der Waals surface area contributed by atoms with Crippen molar-refractivity contribution in [3.05, 3.63) is 93.7 Å². The summed E-state index contributed by atoms with van der Waals surface area (Å²) in [7, 11) is -17.3. The van der Waals surface area contributed by atoms with Crippen LogP contribution in [0.4, 0.5) is 11.4 Å². The van der Waals surface area contributed by atoms with E-state index in [9.17, 15) is 51.9 Å². The Bertz CT molecular complexity index is 2590. The van der Waals surface area contributed by atoms with Gasteiger partial charge in [0.25, 0.3) is 40.5 Å². The molecular weight excluding hydrogens is 909 g/mol. The van der Waals surface area contributed by atoms with Gasteiger partial charge < -0.3 is 4.90 Å². The average Bonchev–Trinajstić information content (AvgIpc) is 3.43. The molecule has 0 aromatic heterocycles. The van der Waals surface area contributed by atoms with E-state index in [2.05, 4.69) is 0 Å². The van der Waals surface area contributed by atoms with Crippen LogP contribution in [0.25, 0.3) is 0 Å². The molecule has 2 heterocycles. The van der Waals surface area contributed by atoms with Gasteiger partial charge in [-0.15, -0.1) is 0 Å². The maximum atomic E-state index is 12.0. The van der Waals surface area contributed by atoms with Crippen LogP contribution in [-0.4, -0.2) is 175 Å². The summed E-state index contributed by atoms with van der Waals surface area (Å²) in [4.78, 5) is 1.47. The number of hydrogen-bond acceptors (Lipinski definition) is 9. The molecule has 0 fully saturated rings. The topological polar surface area (TPSA) is 224 Å². The third kappa shape index (κ3) is 13.4. The molecule has 5 rings (SSSR count). The van der Waals surface area contributed by atoms with Gasteiger partial charge in [-0.1, -0.05) is 37.6 Å². The van der Waals surface area contributed by atoms with Crippen molar-refractivity contribution in [3.63, 3.8) is 0 Å². The predicted molar refractivity (Wildman–Crippen MR) is 236 cm³/mol. The molecule has 0 bridgehead atoms. The van der Waals surface area contributed by atoms with Gasteiger partial charge in [0.2, 0.25) is 5.69 Å². The molecular formula is C38H48ClN2Na3O12S4+. The van der Waals surface area contributed by atoms with E-state index in [1.54, 1.807) is 12.1 Å². The van der Waals surface area contributed by atoms with E-state index in [1.807, 2.05) is 61.5 Å². The van der Waals surface area contributed by atoms with Gasteiger partial charge in [0, 0.05) is 141 Å². The van der Waals surface area contributed by atoms with Gasteiger partial charge >= 0.3 is 0 Å². The minimum absolute atomic E-state index is 0. The zero-order chi connectivity index (χ0) is 42.4. The van der Waals surface area contributed by atoms with Crippen molar-refractivity contribution in [2.75, 3.05) is 29.5 Å². The molecule has 4 N–H and O–H groups in total. The van der Waals surface area contributed by atoms with Crippen LogP contribution in [0.2, 0.25) is 0 Å². The first kappa shape index (κ1) is 55.9. The standard InChI is InChI=1S/C38H47ClN2O12S4.3Na/c1-37(2)30-24-28(56(48,49)50)14-16-32(30)40(20-5-7-22-54(42,43)44)34(37)18-12-26-10-9-11-27(36(26)39)13-19-35-38(3,4)31-25-29(57(51,52)53)15-17-33(31)41(35)21-6-8-23-55(45,46)47;;;/h12-19,24-25H,5-11,20-23H2,1-4H3,(H3-,42,43,44,45,46,47,48,49,50,51,52,53);;;/p+1. The molecule has 2 aliphatic heterocycles. The normalized spacial score (nSPS) is 19.0. The number of rotatable bonds is 15. The maximum absolute atomic E-state index is 12.0. The zero-order valence-electron chi connectivity index (χ0n) is 35.0. The van der Waals surface area contributed by atoms with Crippen LogP contribution in [0.15, 0.2) is 92.4 Å². The summed E-state index contributed by atoms with van der Waals surface area (Å²) in [6.07, 6.45) is 10.9. The number of halogens is 1. The fourth-order valence-corrected chi connectivity index (χ4v) is 10.3. The van der Waals surface area contributed by atoms with Gasteiger partial charge in [0.1, 0.15) is 6.54 Å². The van der Waals surface area contributed by atoms with Crippen molar-refractivity contribution < 1.29 is 56.5 Å². The second kappa shape index (κ2) is 21.4. The molecule has 14 nitrogen and oxygen atoms in total. The fourth-order valence-electron chi connectivity index (χ4n) is 7.79. The van der Waals surface area contributed by atoms with Gasteiger partial charge in [-0.25, -0.2) is 0 Å². The van der Waals surface area contributed by atoms with E-state index < -0.39 is 62.8 Å². The summed E-state index contributed by atoms with van der Waals surface area (Å²) in [5, 5.41) is 0.526. The molecule has 0 unspecified atom stereocenters. The van der Waals surface area contributed by atoms with Gasteiger partial charge in [0.05, 0.1) is 26.7 Å². The molecule has 0 amide bonds. The quantitative estimate of drug-likeness (QED) is 0.0741. The van der Waals surface area contributed by atoms with Crippen molar-refractivity contribution in [3.8, 4) is 0 Å². The Kier molecular flexibility index (Phi) is 20.0. The van der Waals surface area contributed by atoms with Crippen LogP contribution in [0.3, 0.4) is 0 Å². The van der Waals surface area contributed by atoms with Crippen LogP contribution in [0, 0.1) is 0 Å². The van der Waals surface area contributed by atoms with E-state index in [1.165, 1.54) is 24.3 Å². The maximum Gasteiger partial charge on any atom is 0.294 e. The third-order valence-electron chi connectivity index (χ3n) is 10.7. The van der Waals surface area contributed by atoms with Crippen molar-refractivity contribution >= 4 is 158 Å². The van der Waals surface area contributed by atoms with Crippen molar-refractivity contribution in [1.82, 2.24) is 0 Å². The monoisotopic (exact) mass is 956 g/mol. The molecule has 2 aromatic carbocycles. The Morgan fingerprint density at radius 3 is 1.82 bits per heavy atom. The number of nitrogens with zero attached hydrogens (tertiary/aromatic N) is 2. The second-order valence-corrected chi connectivity index (χ2v) is 21.9. The third-order valence-corrected chi connectivity index (χ3v) is 14.5. The Labute approximate surface area is 425 Å². The number of allylic oxidation sites excluding steroid dienone is 8. The van der Waals surface area contributed by atoms with Crippen LogP contribution in [0.1, 0.15) is 83.8 Å². The van der Waals surface area contributed by atoms with Crippen LogP contribution < -0.4 is 4.90 Å². The number of hydrogen-bond donors (Lipinski definition) is 4. The Hall–Kier alpha value is -0.200. The van der Waals surface area contributed by atoms with E-state index in [0.717, 1.165) is 29.0 Å². The molecule has 0 saturated carbocycles. The van der Waals surface area contributed by atoms with Crippen molar-refractivity contribution in [2.24, 2.45) is 0 Å². The molecule has 315 valence electrons. The smallest absolute Gasteiger partial charge is 0.294 e. The Morgan fingerprint density at radius 2 is 1.25 bits per heavy atom. The molecule has 0 saturated heterocycles. The van der Waals surface area contributed by atoms with Crippen molar-refractivity contribution in [1.29, 1.82) is 0 Å². The average molecular weight is 957 g/mol. The van der Waals surface area contributed by atoms with Crippen molar-refractivity contribution in [2.45, 2.75) is 93.3 Å². The molecule has 1 aliphatic carbocycles. The largest absolute Gasteiger partial charge is 0.344 e. The summed E-state index contributed by atoms with van der Waals surface area (Å²) in [5.74, 6) is -0.809.